The minimum absolute atomic E-state index is 0.00407. The van der Waals surface area contributed by atoms with Crippen LogP contribution in [-0.4, -0.2) is 54.5 Å². The van der Waals surface area contributed by atoms with Gasteiger partial charge in [0.25, 0.3) is 0 Å². The third kappa shape index (κ3) is 2.99. The van der Waals surface area contributed by atoms with Crippen molar-refractivity contribution < 1.29 is 29.2 Å². The van der Waals surface area contributed by atoms with E-state index in [9.17, 15) is 15.0 Å². The van der Waals surface area contributed by atoms with E-state index in [0.29, 0.717) is 5.56 Å². The van der Waals surface area contributed by atoms with Crippen molar-refractivity contribution in [3.05, 3.63) is 35.9 Å². The summed E-state index contributed by atoms with van der Waals surface area (Å²) < 4.78 is 15.6. The number of hydrogen-bond acceptors (Lipinski definition) is 6. The number of aliphatic hydroxyl groups is 2. The molecule has 0 saturated carbocycles. The summed E-state index contributed by atoms with van der Waals surface area (Å²) in [4.78, 5) is 11.8. The number of rotatable bonds is 5. The van der Waals surface area contributed by atoms with E-state index in [4.69, 9.17) is 14.2 Å². The predicted octanol–water partition coefficient (Wildman–Crippen LogP) is 0.328. The molecule has 6 heteroatoms. The van der Waals surface area contributed by atoms with Crippen molar-refractivity contribution in [3.63, 3.8) is 0 Å². The average Bonchev–Trinajstić information content (AvgIpc) is 2.82. The van der Waals surface area contributed by atoms with Crippen molar-refractivity contribution >= 4 is 5.97 Å². The van der Waals surface area contributed by atoms with Gasteiger partial charge < -0.3 is 24.4 Å². The van der Waals surface area contributed by atoms with Gasteiger partial charge in [-0.1, -0.05) is 18.2 Å². The van der Waals surface area contributed by atoms with Crippen LogP contribution in [0, 0.1) is 0 Å². The Balaban J connectivity index is 1.88. The van der Waals surface area contributed by atoms with Crippen molar-refractivity contribution in [2.24, 2.45) is 0 Å². The fraction of sp³-hybridized carbons (Fsp3) is 0.500. The maximum atomic E-state index is 11.8. The van der Waals surface area contributed by atoms with Crippen molar-refractivity contribution in [1.82, 2.24) is 0 Å². The van der Waals surface area contributed by atoms with E-state index in [1.165, 1.54) is 7.11 Å². The molecule has 2 rings (SSSR count). The fourth-order valence-corrected chi connectivity index (χ4v) is 2.16. The normalized spacial score (nSPS) is 29.4. The van der Waals surface area contributed by atoms with Crippen LogP contribution in [0.15, 0.2) is 30.3 Å². The molecule has 0 amide bonds. The van der Waals surface area contributed by atoms with Gasteiger partial charge in [-0.2, -0.15) is 0 Å². The lowest BCUT2D eigenvalue weighted by Gasteiger charge is -2.28. The minimum atomic E-state index is -1.43. The second kappa shape index (κ2) is 6.32. The summed E-state index contributed by atoms with van der Waals surface area (Å²) >= 11 is 0. The number of esters is 1. The lowest BCUT2D eigenvalue weighted by atomic mass is 10.1. The third-order valence-corrected chi connectivity index (χ3v) is 3.34. The highest BCUT2D eigenvalue weighted by molar-refractivity contribution is 5.89. The fourth-order valence-electron chi connectivity index (χ4n) is 2.16. The molecule has 1 aromatic carbocycles. The van der Waals surface area contributed by atoms with Gasteiger partial charge in [0, 0.05) is 13.5 Å². The lowest BCUT2D eigenvalue weighted by molar-refractivity contribution is -0.263. The number of carbonyl (C=O) groups excluding carboxylic acids is 1. The molecule has 0 unspecified atom stereocenters. The lowest BCUT2D eigenvalue weighted by Crippen LogP contribution is -2.45. The Hall–Kier alpha value is -1.47. The van der Waals surface area contributed by atoms with Crippen LogP contribution in [0.3, 0.4) is 0 Å². The van der Waals surface area contributed by atoms with Gasteiger partial charge in [0.2, 0.25) is 5.79 Å². The van der Waals surface area contributed by atoms with E-state index in [1.807, 2.05) is 0 Å². The van der Waals surface area contributed by atoms with Crippen LogP contribution in [0.1, 0.15) is 16.8 Å². The zero-order valence-electron chi connectivity index (χ0n) is 11.2. The summed E-state index contributed by atoms with van der Waals surface area (Å²) in [6, 6.07) is 8.60. The Morgan fingerprint density at radius 2 is 2.15 bits per heavy atom. The van der Waals surface area contributed by atoms with Crippen LogP contribution in [0.2, 0.25) is 0 Å². The molecule has 0 aromatic heterocycles. The van der Waals surface area contributed by atoms with Gasteiger partial charge in [-0.25, -0.2) is 4.79 Å². The molecule has 0 aliphatic carbocycles. The molecule has 1 heterocycles. The Morgan fingerprint density at radius 1 is 1.45 bits per heavy atom. The molecule has 2 N–H and O–H groups in total. The summed E-state index contributed by atoms with van der Waals surface area (Å²) in [5.74, 6) is -1.88. The molecule has 6 nitrogen and oxygen atoms in total. The van der Waals surface area contributed by atoms with E-state index < -0.39 is 30.6 Å². The second-order valence-electron chi connectivity index (χ2n) is 4.63. The summed E-state index contributed by atoms with van der Waals surface area (Å²) in [6.07, 6.45) is -1.24. The van der Waals surface area contributed by atoms with E-state index in [0.717, 1.165) is 0 Å². The van der Waals surface area contributed by atoms with E-state index in [-0.39, 0.29) is 13.0 Å². The van der Waals surface area contributed by atoms with Gasteiger partial charge in [-0.05, 0) is 12.1 Å². The van der Waals surface area contributed by atoms with Gasteiger partial charge in [0.05, 0.1) is 18.3 Å². The van der Waals surface area contributed by atoms with Gasteiger partial charge in [-0.3, -0.25) is 0 Å². The second-order valence-corrected chi connectivity index (χ2v) is 4.63. The van der Waals surface area contributed by atoms with Gasteiger partial charge in [0.1, 0.15) is 12.7 Å². The van der Waals surface area contributed by atoms with Gasteiger partial charge in [-0.15, -0.1) is 0 Å². The van der Waals surface area contributed by atoms with E-state index in [1.54, 1.807) is 30.3 Å². The molecule has 1 aliphatic rings. The van der Waals surface area contributed by atoms with E-state index in [2.05, 4.69) is 0 Å². The zero-order valence-corrected chi connectivity index (χ0v) is 11.2. The highest BCUT2D eigenvalue weighted by Crippen LogP contribution is 2.31. The summed E-state index contributed by atoms with van der Waals surface area (Å²) in [6.45, 7) is -0.469. The van der Waals surface area contributed by atoms with Crippen molar-refractivity contribution in [2.45, 2.75) is 24.4 Å². The van der Waals surface area contributed by atoms with Crippen LogP contribution in [0.5, 0.6) is 0 Å². The topological polar surface area (TPSA) is 85.2 Å². The molecule has 1 aliphatic heterocycles. The molecule has 1 aromatic rings. The first kappa shape index (κ1) is 14.9. The van der Waals surface area contributed by atoms with Crippen LogP contribution in [0.25, 0.3) is 0 Å². The Kier molecular flexibility index (Phi) is 4.72. The highest BCUT2D eigenvalue weighted by atomic mass is 16.7. The summed E-state index contributed by atoms with van der Waals surface area (Å²) in [5, 5.41) is 19.1. The first-order valence-electron chi connectivity index (χ1n) is 6.35. The molecule has 1 fully saturated rings. The Bertz CT molecular complexity index is 442. The molecule has 0 radical (unpaired) electrons. The van der Waals surface area contributed by atoms with E-state index >= 15 is 0 Å². The number of hydrogen-bond donors (Lipinski definition) is 2. The van der Waals surface area contributed by atoms with Crippen molar-refractivity contribution in [3.8, 4) is 0 Å². The molecular formula is C14H18O6. The summed E-state index contributed by atoms with van der Waals surface area (Å²) in [5.41, 5.74) is 0.450. The Morgan fingerprint density at radius 3 is 2.70 bits per heavy atom. The van der Waals surface area contributed by atoms with Gasteiger partial charge in [0.15, 0.2) is 0 Å². The van der Waals surface area contributed by atoms with Crippen molar-refractivity contribution in [1.29, 1.82) is 0 Å². The first-order chi connectivity index (χ1) is 9.61. The molecule has 3 atom stereocenters. The first-order valence-corrected chi connectivity index (χ1v) is 6.35. The van der Waals surface area contributed by atoms with Crippen LogP contribution in [0.4, 0.5) is 0 Å². The smallest absolute Gasteiger partial charge is 0.338 e. The number of ether oxygens (including phenoxy) is 3. The zero-order chi connectivity index (χ0) is 14.6. The van der Waals surface area contributed by atoms with Crippen LogP contribution < -0.4 is 0 Å². The maximum absolute atomic E-state index is 11.8. The molecule has 1 saturated heterocycles. The molecule has 20 heavy (non-hydrogen) atoms. The number of methoxy groups -OCH3 is 1. The third-order valence-electron chi connectivity index (χ3n) is 3.34. The molecular weight excluding hydrogens is 264 g/mol. The largest absolute Gasteiger partial charge is 0.459 e. The SMILES string of the molecule is CO[C@]1(CO)O[C@H](COC(=O)c2ccccc2)C[C@@H]1O. The Labute approximate surface area is 116 Å². The predicted molar refractivity (Wildman–Crippen MR) is 69.0 cm³/mol. The number of aliphatic hydroxyl groups excluding tert-OH is 2. The maximum Gasteiger partial charge on any atom is 0.338 e. The standard InChI is InChI=1S/C14H18O6/c1-18-14(9-15)12(16)7-11(20-14)8-19-13(17)10-5-3-2-4-6-10/h2-6,11-12,15-16H,7-9H2,1H3/t11-,12-,14+/m0/s1. The number of carbonyl (C=O) groups is 1. The average molecular weight is 282 g/mol. The van der Waals surface area contributed by atoms with Gasteiger partial charge >= 0.3 is 5.97 Å². The van der Waals surface area contributed by atoms with Crippen LogP contribution >= 0.6 is 0 Å². The van der Waals surface area contributed by atoms with Crippen molar-refractivity contribution in [2.75, 3.05) is 20.3 Å². The highest BCUT2D eigenvalue weighted by Gasteiger charge is 2.48. The minimum Gasteiger partial charge on any atom is -0.459 e. The number of benzene rings is 1. The summed E-state index contributed by atoms with van der Waals surface area (Å²) in [7, 11) is 1.35. The molecule has 110 valence electrons. The quantitative estimate of drug-likeness (QED) is 0.757. The molecule has 0 spiro atoms. The van der Waals surface area contributed by atoms with Crippen LogP contribution in [-0.2, 0) is 14.2 Å². The monoisotopic (exact) mass is 282 g/mol. The molecule has 0 bridgehead atoms.